The van der Waals surface area contributed by atoms with Gasteiger partial charge < -0.3 is 14.2 Å². The van der Waals surface area contributed by atoms with Crippen LogP contribution in [0.15, 0.2) is 47.6 Å². The van der Waals surface area contributed by atoms with Crippen molar-refractivity contribution in [2.45, 2.75) is 44.7 Å². The van der Waals surface area contributed by atoms with Gasteiger partial charge in [-0.25, -0.2) is 14.4 Å². The van der Waals surface area contributed by atoms with Crippen molar-refractivity contribution in [2.75, 3.05) is 18.0 Å². The highest BCUT2D eigenvalue weighted by atomic mass is 19.1. The number of nitrogens with zero attached hydrogens (tertiary/aromatic N) is 5. The molecule has 160 valence electrons. The molecule has 1 aliphatic heterocycles. The number of aryl methyl sites for hydroxylation is 1. The van der Waals surface area contributed by atoms with E-state index in [4.69, 9.17) is 4.42 Å². The average molecular weight is 421 g/mol. The van der Waals surface area contributed by atoms with Gasteiger partial charge in [0.05, 0.1) is 29.8 Å². The summed E-state index contributed by atoms with van der Waals surface area (Å²) in [7, 11) is 0. The van der Waals surface area contributed by atoms with Crippen molar-refractivity contribution >= 4 is 11.7 Å². The van der Waals surface area contributed by atoms with E-state index in [1.54, 1.807) is 24.5 Å². The summed E-state index contributed by atoms with van der Waals surface area (Å²) in [5, 5.41) is 0. The summed E-state index contributed by atoms with van der Waals surface area (Å²) in [5.74, 6) is 0.644. The van der Waals surface area contributed by atoms with Gasteiger partial charge in [-0.15, -0.1) is 0 Å². The van der Waals surface area contributed by atoms with Gasteiger partial charge in [0.15, 0.2) is 12.2 Å². The van der Waals surface area contributed by atoms with E-state index >= 15 is 0 Å². The van der Waals surface area contributed by atoms with Crippen molar-refractivity contribution in [3.05, 3.63) is 60.3 Å². The standard InChI is InChI=1S/C23H24FN5O2/c1-15-11-27-22(13-26-15)28-8-6-18(7-9-28)29(17-3-4-17)23(30)16-2-5-19(20(24)10-16)21-12-25-14-31-21/h2,5,10-14,17-18H,3-4,6-9H2,1H3. The van der Waals surface area contributed by atoms with E-state index in [2.05, 4.69) is 19.9 Å². The number of anilines is 1. The minimum absolute atomic E-state index is 0.0981. The molecule has 0 atom stereocenters. The lowest BCUT2D eigenvalue weighted by molar-refractivity contribution is 0.0630. The molecule has 2 fully saturated rings. The van der Waals surface area contributed by atoms with Crippen LogP contribution in [0, 0.1) is 12.7 Å². The zero-order chi connectivity index (χ0) is 21.4. The molecule has 3 heterocycles. The fourth-order valence-corrected chi connectivity index (χ4v) is 4.25. The summed E-state index contributed by atoms with van der Waals surface area (Å²) in [4.78, 5) is 30.2. The Kier molecular flexibility index (Phi) is 5.13. The van der Waals surface area contributed by atoms with Crippen LogP contribution >= 0.6 is 0 Å². The van der Waals surface area contributed by atoms with Gasteiger partial charge in [-0.3, -0.25) is 9.78 Å². The zero-order valence-corrected chi connectivity index (χ0v) is 17.4. The summed E-state index contributed by atoms with van der Waals surface area (Å²) in [6, 6.07) is 4.97. The second kappa shape index (κ2) is 8.09. The summed E-state index contributed by atoms with van der Waals surface area (Å²) in [6.45, 7) is 3.55. The highest BCUT2D eigenvalue weighted by Gasteiger charge is 2.39. The van der Waals surface area contributed by atoms with Crippen molar-refractivity contribution < 1.29 is 13.6 Å². The van der Waals surface area contributed by atoms with Crippen molar-refractivity contribution in [1.82, 2.24) is 19.9 Å². The molecule has 8 heteroatoms. The highest BCUT2D eigenvalue weighted by Crippen LogP contribution is 2.34. The van der Waals surface area contributed by atoms with Crippen LogP contribution in [0.5, 0.6) is 0 Å². The third-order valence-electron chi connectivity index (χ3n) is 6.04. The third kappa shape index (κ3) is 4.02. The SMILES string of the molecule is Cc1cnc(N2CCC(N(C(=O)c3ccc(-c4cnco4)c(F)c3)C3CC3)CC2)cn1. The molecule has 0 unspecified atom stereocenters. The lowest BCUT2D eigenvalue weighted by Crippen LogP contribution is -2.48. The Hall–Kier alpha value is -3.29. The van der Waals surface area contributed by atoms with Crippen molar-refractivity contribution in [2.24, 2.45) is 0 Å². The topological polar surface area (TPSA) is 75.4 Å². The van der Waals surface area contributed by atoms with Gasteiger partial charge in [0, 0.05) is 30.7 Å². The molecule has 0 radical (unpaired) electrons. The van der Waals surface area contributed by atoms with Gasteiger partial charge in [0.25, 0.3) is 5.91 Å². The first-order valence-corrected chi connectivity index (χ1v) is 10.6. The Morgan fingerprint density at radius 1 is 1.10 bits per heavy atom. The minimum Gasteiger partial charge on any atom is -0.443 e. The predicted octanol–water partition coefficient (Wildman–Crippen LogP) is 3.85. The van der Waals surface area contributed by atoms with Crippen molar-refractivity contribution in [3.63, 3.8) is 0 Å². The van der Waals surface area contributed by atoms with E-state index < -0.39 is 5.82 Å². The molecule has 0 spiro atoms. The Balaban J connectivity index is 1.31. The quantitative estimate of drug-likeness (QED) is 0.623. The number of carbonyl (C=O) groups excluding carboxylic acids is 1. The Bertz CT molecular complexity index is 1060. The largest absolute Gasteiger partial charge is 0.443 e. The van der Waals surface area contributed by atoms with E-state index in [0.717, 1.165) is 50.3 Å². The molecular weight excluding hydrogens is 397 g/mol. The van der Waals surface area contributed by atoms with Crippen LogP contribution in [0.3, 0.4) is 0 Å². The molecule has 2 aliphatic rings. The van der Waals surface area contributed by atoms with Crippen LogP contribution in [0.2, 0.25) is 0 Å². The van der Waals surface area contributed by atoms with Gasteiger partial charge in [-0.1, -0.05) is 0 Å². The molecule has 1 saturated carbocycles. The van der Waals surface area contributed by atoms with E-state index in [-0.39, 0.29) is 18.0 Å². The first kappa shape index (κ1) is 19.7. The third-order valence-corrected chi connectivity index (χ3v) is 6.04. The number of piperidine rings is 1. The molecule has 1 amide bonds. The molecule has 1 saturated heterocycles. The van der Waals surface area contributed by atoms with Crippen LogP contribution in [-0.4, -0.2) is 50.9 Å². The maximum absolute atomic E-state index is 14.7. The van der Waals surface area contributed by atoms with Gasteiger partial charge in [-0.05, 0) is 50.8 Å². The molecule has 3 aromatic rings. The Morgan fingerprint density at radius 3 is 2.48 bits per heavy atom. The number of hydrogen-bond donors (Lipinski definition) is 0. The van der Waals surface area contributed by atoms with Crippen LogP contribution in [0.1, 0.15) is 41.7 Å². The molecule has 1 aliphatic carbocycles. The van der Waals surface area contributed by atoms with Crippen molar-refractivity contribution in [1.29, 1.82) is 0 Å². The maximum atomic E-state index is 14.7. The number of carbonyl (C=O) groups is 1. The normalized spacial score (nSPS) is 17.0. The molecule has 1 aromatic carbocycles. The summed E-state index contributed by atoms with van der Waals surface area (Å²) >= 11 is 0. The lowest BCUT2D eigenvalue weighted by Gasteiger charge is -2.39. The van der Waals surface area contributed by atoms with Gasteiger partial charge in [0.1, 0.15) is 11.6 Å². The van der Waals surface area contributed by atoms with E-state index in [0.29, 0.717) is 16.9 Å². The summed E-state index contributed by atoms with van der Waals surface area (Å²) in [6.07, 6.45) is 10.0. The van der Waals surface area contributed by atoms with Gasteiger partial charge in [-0.2, -0.15) is 0 Å². The molecule has 0 N–H and O–H groups in total. The molecular formula is C23H24FN5O2. The van der Waals surface area contributed by atoms with Gasteiger partial charge in [0.2, 0.25) is 0 Å². The highest BCUT2D eigenvalue weighted by molar-refractivity contribution is 5.95. The van der Waals surface area contributed by atoms with Gasteiger partial charge >= 0.3 is 0 Å². The van der Waals surface area contributed by atoms with E-state index in [9.17, 15) is 9.18 Å². The number of oxazole rings is 1. The number of aromatic nitrogens is 3. The molecule has 31 heavy (non-hydrogen) atoms. The lowest BCUT2D eigenvalue weighted by atomic mass is 10.0. The number of halogens is 1. The monoisotopic (exact) mass is 421 g/mol. The van der Waals surface area contributed by atoms with Crippen LogP contribution in [0.4, 0.5) is 10.2 Å². The first-order valence-electron chi connectivity index (χ1n) is 10.6. The van der Waals surface area contributed by atoms with Crippen LogP contribution < -0.4 is 4.90 Å². The predicted molar refractivity (Wildman–Crippen MR) is 113 cm³/mol. The fourth-order valence-electron chi connectivity index (χ4n) is 4.25. The Labute approximate surface area is 179 Å². The smallest absolute Gasteiger partial charge is 0.254 e. The van der Waals surface area contributed by atoms with E-state index in [1.807, 2.05) is 11.8 Å². The fraction of sp³-hybridized carbons (Fsp3) is 0.391. The van der Waals surface area contributed by atoms with E-state index in [1.165, 1.54) is 18.7 Å². The first-order chi connectivity index (χ1) is 15.1. The number of hydrogen-bond acceptors (Lipinski definition) is 6. The van der Waals surface area contributed by atoms with Crippen molar-refractivity contribution in [3.8, 4) is 11.3 Å². The molecule has 7 nitrogen and oxygen atoms in total. The summed E-state index contributed by atoms with van der Waals surface area (Å²) in [5.41, 5.74) is 1.57. The average Bonchev–Trinajstić information content (AvgIpc) is 3.47. The molecule has 5 rings (SSSR count). The number of benzene rings is 1. The minimum atomic E-state index is -0.480. The zero-order valence-electron chi connectivity index (χ0n) is 17.4. The number of rotatable bonds is 5. The van der Waals surface area contributed by atoms with Crippen LogP contribution in [-0.2, 0) is 0 Å². The second-order valence-corrected chi connectivity index (χ2v) is 8.24. The van der Waals surface area contributed by atoms with Crippen LogP contribution in [0.25, 0.3) is 11.3 Å². The molecule has 2 aromatic heterocycles. The second-order valence-electron chi connectivity index (χ2n) is 8.24. The summed E-state index contributed by atoms with van der Waals surface area (Å²) < 4.78 is 19.9. The number of amides is 1. The maximum Gasteiger partial charge on any atom is 0.254 e. The Morgan fingerprint density at radius 2 is 1.87 bits per heavy atom. The molecule has 0 bridgehead atoms.